The van der Waals surface area contributed by atoms with Crippen LogP contribution >= 0.6 is 31.9 Å². The first-order valence-electron chi connectivity index (χ1n) is 10.9. The van der Waals surface area contributed by atoms with Crippen molar-refractivity contribution >= 4 is 54.9 Å². The van der Waals surface area contributed by atoms with Crippen molar-refractivity contribution in [2.75, 3.05) is 32.9 Å². The van der Waals surface area contributed by atoms with Gasteiger partial charge in [0, 0.05) is 23.5 Å². The third kappa shape index (κ3) is 5.56. The van der Waals surface area contributed by atoms with Gasteiger partial charge in [-0.15, -0.1) is 0 Å². The van der Waals surface area contributed by atoms with E-state index in [1.165, 1.54) is 4.68 Å². The number of carbonyl (C=O) groups is 1. The third-order valence-electron chi connectivity index (χ3n) is 5.34. The number of benzene rings is 2. The predicted molar refractivity (Wildman–Crippen MR) is 138 cm³/mol. The maximum Gasteiger partial charge on any atom is 0.282 e. The van der Waals surface area contributed by atoms with Gasteiger partial charge in [-0.2, -0.15) is 9.78 Å². The highest BCUT2D eigenvalue weighted by molar-refractivity contribution is 9.10. The molecular weight excluding hydrogens is 568 g/mol. The maximum atomic E-state index is 13.1. The highest BCUT2D eigenvalue weighted by Crippen LogP contribution is 2.26. The fourth-order valence-corrected chi connectivity index (χ4v) is 4.41. The summed E-state index contributed by atoms with van der Waals surface area (Å²) in [7, 11) is 0. The van der Waals surface area contributed by atoms with Crippen LogP contribution < -0.4 is 10.3 Å². The van der Waals surface area contributed by atoms with E-state index in [4.69, 9.17) is 9.47 Å². The summed E-state index contributed by atoms with van der Waals surface area (Å²) >= 11 is 6.91. The first-order valence-corrected chi connectivity index (χ1v) is 12.5. The van der Waals surface area contributed by atoms with Crippen molar-refractivity contribution in [2.45, 2.75) is 19.8 Å². The van der Waals surface area contributed by atoms with E-state index in [9.17, 15) is 9.59 Å². The number of halogens is 2. The molecule has 1 aromatic heterocycles. The van der Waals surface area contributed by atoms with Gasteiger partial charge in [-0.1, -0.05) is 29.8 Å². The number of aromatic nitrogens is 2. The number of ether oxygens (including phenoxy) is 2. The molecule has 0 unspecified atom stereocenters. The van der Waals surface area contributed by atoms with Crippen LogP contribution in [0.25, 0.3) is 10.9 Å². The van der Waals surface area contributed by atoms with Gasteiger partial charge in [-0.3, -0.25) is 9.59 Å². The van der Waals surface area contributed by atoms with Gasteiger partial charge in [-0.25, -0.2) is 4.98 Å². The normalized spacial score (nSPS) is 14.3. The summed E-state index contributed by atoms with van der Waals surface area (Å²) in [5.74, 6) is 1.06. The second-order valence-corrected chi connectivity index (χ2v) is 9.89. The maximum absolute atomic E-state index is 13.1. The van der Waals surface area contributed by atoms with E-state index in [1.54, 1.807) is 23.2 Å². The van der Waals surface area contributed by atoms with Gasteiger partial charge in [0.15, 0.2) is 6.61 Å². The molecule has 2 aromatic carbocycles. The number of hydrogen-bond donors (Lipinski definition) is 0. The minimum absolute atomic E-state index is 0.00409. The lowest BCUT2D eigenvalue weighted by molar-refractivity contribution is -0.137. The zero-order valence-corrected chi connectivity index (χ0v) is 22.0. The molecule has 1 fully saturated rings. The molecule has 178 valence electrons. The molecule has 1 aliphatic heterocycles. The van der Waals surface area contributed by atoms with Gasteiger partial charge in [0.2, 0.25) is 0 Å². The van der Waals surface area contributed by atoms with E-state index in [0.717, 1.165) is 10.0 Å². The van der Waals surface area contributed by atoms with Crippen LogP contribution in [0.15, 0.2) is 55.2 Å². The van der Waals surface area contributed by atoms with Crippen LogP contribution in [0.5, 0.6) is 5.75 Å². The number of fused-ring (bicyclic) bond motifs is 1. The van der Waals surface area contributed by atoms with E-state index in [0.29, 0.717) is 53.3 Å². The number of hydrogen-bond acceptors (Lipinski definition) is 6. The molecule has 0 saturated carbocycles. The van der Waals surface area contributed by atoms with Crippen LogP contribution in [-0.4, -0.2) is 59.6 Å². The van der Waals surface area contributed by atoms with Gasteiger partial charge in [0.25, 0.3) is 11.5 Å². The number of carbonyl (C=O) groups excluding carboxylic acids is 1. The molecule has 8 nitrogen and oxygen atoms in total. The molecule has 2 heterocycles. The topological polar surface area (TPSA) is 86.0 Å². The summed E-state index contributed by atoms with van der Waals surface area (Å²) in [6, 6.07) is 10.8. The summed E-state index contributed by atoms with van der Waals surface area (Å²) < 4.78 is 13.8. The van der Waals surface area contributed by atoms with E-state index >= 15 is 0 Å². The second-order valence-electron chi connectivity index (χ2n) is 8.12. The molecule has 0 atom stereocenters. The Morgan fingerprint density at radius 1 is 1.21 bits per heavy atom. The van der Waals surface area contributed by atoms with E-state index in [-0.39, 0.29) is 24.0 Å². The molecule has 1 amide bonds. The van der Waals surface area contributed by atoms with E-state index in [2.05, 4.69) is 41.9 Å². The largest absolute Gasteiger partial charge is 0.483 e. The molecular formula is C24H24Br2N4O4. The second kappa shape index (κ2) is 10.8. The van der Waals surface area contributed by atoms with Crippen molar-refractivity contribution in [1.82, 2.24) is 14.6 Å². The van der Waals surface area contributed by atoms with Gasteiger partial charge < -0.3 is 14.4 Å². The predicted octanol–water partition coefficient (Wildman–Crippen LogP) is 4.16. The Balaban J connectivity index is 1.54. The average molecular weight is 592 g/mol. The molecule has 0 aliphatic carbocycles. The monoisotopic (exact) mass is 590 g/mol. The zero-order chi connectivity index (χ0) is 24.2. The van der Waals surface area contributed by atoms with Crippen molar-refractivity contribution in [1.29, 1.82) is 0 Å². The van der Waals surface area contributed by atoms with Crippen molar-refractivity contribution in [3.05, 3.63) is 67.1 Å². The van der Waals surface area contributed by atoms with Crippen LogP contribution in [0.2, 0.25) is 0 Å². The summed E-state index contributed by atoms with van der Waals surface area (Å²) in [4.78, 5) is 31.8. The standard InChI is InChI=1S/C24H24Br2N4O4/c1-15(2)23-28-20-5-4-17(25)12-18(20)24(32)30(23)27-13-16-3-6-21(19(26)11-16)34-14-22(31)29-7-9-33-10-8-29/h3-6,11-13,15H,7-10,14H2,1-2H3. The van der Waals surface area contributed by atoms with Crippen LogP contribution in [-0.2, 0) is 9.53 Å². The first-order chi connectivity index (χ1) is 16.3. The van der Waals surface area contributed by atoms with Gasteiger partial charge in [-0.05, 0) is 57.9 Å². The highest BCUT2D eigenvalue weighted by atomic mass is 79.9. The number of morpholine rings is 1. The number of nitrogens with zero attached hydrogens (tertiary/aromatic N) is 4. The number of rotatable bonds is 6. The quantitative estimate of drug-likeness (QED) is 0.402. The van der Waals surface area contributed by atoms with Gasteiger partial charge in [0.1, 0.15) is 11.6 Å². The van der Waals surface area contributed by atoms with Gasteiger partial charge >= 0.3 is 0 Å². The van der Waals surface area contributed by atoms with Crippen LogP contribution in [0.4, 0.5) is 0 Å². The summed E-state index contributed by atoms with van der Waals surface area (Å²) in [5, 5.41) is 4.94. The number of amides is 1. The lowest BCUT2D eigenvalue weighted by Gasteiger charge is -2.26. The molecule has 3 aromatic rings. The van der Waals surface area contributed by atoms with Crippen LogP contribution in [0.3, 0.4) is 0 Å². The molecule has 0 bridgehead atoms. The Labute approximate surface area is 213 Å². The lowest BCUT2D eigenvalue weighted by Crippen LogP contribution is -2.43. The van der Waals surface area contributed by atoms with E-state index in [1.807, 2.05) is 38.1 Å². The summed E-state index contributed by atoms with van der Waals surface area (Å²) in [6.45, 7) is 6.16. The molecule has 10 heteroatoms. The molecule has 1 saturated heterocycles. The highest BCUT2D eigenvalue weighted by Gasteiger charge is 2.18. The molecule has 0 spiro atoms. The minimum Gasteiger partial charge on any atom is -0.483 e. The summed E-state index contributed by atoms with van der Waals surface area (Å²) in [5.41, 5.74) is 1.17. The fourth-order valence-electron chi connectivity index (χ4n) is 3.53. The molecule has 0 radical (unpaired) electrons. The Bertz CT molecular complexity index is 1300. The SMILES string of the molecule is CC(C)c1nc2ccc(Br)cc2c(=O)n1N=Cc1ccc(OCC(=O)N2CCOCC2)c(Br)c1. The Morgan fingerprint density at radius 2 is 1.97 bits per heavy atom. The fraction of sp³-hybridized carbons (Fsp3) is 0.333. The first kappa shape index (κ1) is 24.6. The smallest absolute Gasteiger partial charge is 0.282 e. The van der Waals surface area contributed by atoms with Crippen molar-refractivity contribution in [3.63, 3.8) is 0 Å². The van der Waals surface area contributed by atoms with Crippen molar-refractivity contribution in [3.8, 4) is 5.75 Å². The molecule has 34 heavy (non-hydrogen) atoms. The molecule has 1 aliphatic rings. The van der Waals surface area contributed by atoms with Crippen LogP contribution in [0, 0.1) is 0 Å². The van der Waals surface area contributed by atoms with Crippen molar-refractivity contribution in [2.24, 2.45) is 5.10 Å². The molecule has 0 N–H and O–H groups in total. The third-order valence-corrected chi connectivity index (χ3v) is 6.46. The minimum atomic E-state index is -0.230. The Morgan fingerprint density at radius 3 is 2.68 bits per heavy atom. The Kier molecular flexibility index (Phi) is 7.80. The Hall–Kier alpha value is -2.56. The van der Waals surface area contributed by atoms with E-state index < -0.39 is 0 Å². The zero-order valence-electron chi connectivity index (χ0n) is 18.8. The lowest BCUT2D eigenvalue weighted by atomic mass is 10.2. The van der Waals surface area contributed by atoms with Gasteiger partial charge in [0.05, 0.1) is 34.8 Å². The van der Waals surface area contributed by atoms with Crippen molar-refractivity contribution < 1.29 is 14.3 Å². The average Bonchev–Trinajstić information content (AvgIpc) is 2.83. The van der Waals surface area contributed by atoms with Crippen LogP contribution in [0.1, 0.15) is 31.2 Å². The molecule has 4 rings (SSSR count). The summed E-state index contributed by atoms with van der Waals surface area (Å²) in [6.07, 6.45) is 1.60.